The summed E-state index contributed by atoms with van der Waals surface area (Å²) in [6.45, 7) is 1.65. The molecule has 3 heterocycles. The van der Waals surface area contributed by atoms with Crippen molar-refractivity contribution in [3.63, 3.8) is 0 Å². The molecule has 3 aliphatic rings. The van der Waals surface area contributed by atoms with E-state index in [0.29, 0.717) is 5.69 Å². The lowest BCUT2D eigenvalue weighted by molar-refractivity contribution is 0.0523. The van der Waals surface area contributed by atoms with Crippen LogP contribution in [0, 0.1) is 5.92 Å². The number of rotatable bonds is 3. The fourth-order valence-corrected chi connectivity index (χ4v) is 4.76. The molecule has 132 valence electrons. The van der Waals surface area contributed by atoms with Gasteiger partial charge in [-0.25, -0.2) is 4.98 Å². The predicted molar refractivity (Wildman–Crippen MR) is 88.8 cm³/mol. The van der Waals surface area contributed by atoms with Crippen molar-refractivity contribution in [2.24, 2.45) is 5.92 Å². The van der Waals surface area contributed by atoms with E-state index < -0.39 is 0 Å². The summed E-state index contributed by atoms with van der Waals surface area (Å²) in [6.07, 6.45) is 8.61. The summed E-state index contributed by atoms with van der Waals surface area (Å²) in [5, 5.41) is 10.2. The number of ether oxygens (including phenoxy) is 1. The van der Waals surface area contributed by atoms with Gasteiger partial charge in [0.05, 0.1) is 12.2 Å². The van der Waals surface area contributed by atoms with Gasteiger partial charge in [0.2, 0.25) is 0 Å². The van der Waals surface area contributed by atoms with E-state index in [9.17, 15) is 9.90 Å². The molecule has 1 amide bonds. The third kappa shape index (κ3) is 2.75. The second-order valence-electron chi connectivity index (χ2n) is 7.46. The molecular formula is C18H27N3O3. The van der Waals surface area contributed by atoms with Crippen molar-refractivity contribution >= 4 is 5.91 Å². The Morgan fingerprint density at radius 2 is 2.12 bits per heavy atom. The zero-order valence-electron chi connectivity index (χ0n) is 14.4. The molecule has 4 rings (SSSR count). The first-order chi connectivity index (χ1) is 11.7. The molecule has 1 aromatic heterocycles. The zero-order valence-corrected chi connectivity index (χ0v) is 14.4. The first-order valence-electron chi connectivity index (χ1n) is 9.25. The number of likely N-dealkylation sites (tertiary alicyclic amines) is 1. The highest BCUT2D eigenvalue weighted by Gasteiger charge is 2.41. The van der Waals surface area contributed by atoms with Crippen molar-refractivity contribution in [1.29, 1.82) is 0 Å². The number of hydrogen-bond donors (Lipinski definition) is 1. The lowest BCUT2D eigenvalue weighted by Crippen LogP contribution is -2.42. The van der Waals surface area contributed by atoms with Crippen molar-refractivity contribution in [1.82, 2.24) is 14.5 Å². The molecule has 0 bridgehead atoms. The molecule has 6 nitrogen and oxygen atoms in total. The van der Waals surface area contributed by atoms with E-state index in [2.05, 4.69) is 9.55 Å². The molecule has 2 aliphatic heterocycles. The number of hydrogen-bond acceptors (Lipinski definition) is 4. The van der Waals surface area contributed by atoms with Crippen LogP contribution >= 0.6 is 0 Å². The van der Waals surface area contributed by atoms with Crippen LogP contribution < -0.4 is 0 Å². The molecule has 2 fully saturated rings. The van der Waals surface area contributed by atoms with E-state index in [0.717, 1.165) is 63.9 Å². The number of imidazole rings is 1. The molecule has 1 saturated heterocycles. The van der Waals surface area contributed by atoms with Crippen molar-refractivity contribution < 1.29 is 14.6 Å². The van der Waals surface area contributed by atoms with Gasteiger partial charge in [0.25, 0.3) is 5.91 Å². The second kappa shape index (κ2) is 6.48. The number of carbonyl (C=O) groups is 1. The average Bonchev–Trinajstić information content (AvgIpc) is 3.31. The fourth-order valence-electron chi connectivity index (χ4n) is 4.76. The van der Waals surface area contributed by atoms with Gasteiger partial charge in [-0.3, -0.25) is 4.79 Å². The average molecular weight is 333 g/mol. The second-order valence-corrected chi connectivity index (χ2v) is 7.46. The van der Waals surface area contributed by atoms with Crippen LogP contribution in [0.25, 0.3) is 0 Å². The maximum atomic E-state index is 13.0. The minimum Gasteiger partial charge on any atom is -0.393 e. The number of aliphatic hydroxyl groups is 1. The van der Waals surface area contributed by atoms with Gasteiger partial charge in [0, 0.05) is 44.8 Å². The lowest BCUT2D eigenvalue weighted by Gasteiger charge is -2.30. The van der Waals surface area contributed by atoms with Gasteiger partial charge in [-0.15, -0.1) is 0 Å². The molecule has 1 aromatic rings. The Morgan fingerprint density at radius 1 is 1.25 bits per heavy atom. The molecule has 1 N–H and O–H groups in total. The van der Waals surface area contributed by atoms with Gasteiger partial charge in [-0.2, -0.15) is 0 Å². The molecule has 4 unspecified atom stereocenters. The van der Waals surface area contributed by atoms with Crippen LogP contribution in [0.1, 0.15) is 54.8 Å². The number of fused-ring (bicyclic) bond motifs is 1. The molecule has 24 heavy (non-hydrogen) atoms. The van der Waals surface area contributed by atoms with Gasteiger partial charge in [-0.1, -0.05) is 6.42 Å². The summed E-state index contributed by atoms with van der Waals surface area (Å²) in [5.74, 6) is 1.23. The number of methoxy groups -OCH3 is 1. The summed E-state index contributed by atoms with van der Waals surface area (Å²) >= 11 is 0. The third-order valence-electron chi connectivity index (χ3n) is 6.10. The van der Waals surface area contributed by atoms with Crippen molar-refractivity contribution in [3.05, 3.63) is 17.7 Å². The van der Waals surface area contributed by atoms with Gasteiger partial charge >= 0.3 is 0 Å². The molecule has 0 spiro atoms. The molecule has 0 aromatic carbocycles. The Labute approximate surface area is 142 Å². The standard InChI is InChI=1S/C18H27N3O3/c1-24-12-7-9-20-11-14(19-17(20)10-12)18(23)21-8-3-5-15(21)13-4-2-6-16(13)22/h11-13,15-16,22H,2-10H2,1H3. The molecule has 4 atom stereocenters. The smallest absolute Gasteiger partial charge is 0.274 e. The predicted octanol–water partition coefficient (Wildman–Crippen LogP) is 1.61. The molecular weight excluding hydrogens is 306 g/mol. The third-order valence-corrected chi connectivity index (χ3v) is 6.10. The van der Waals surface area contributed by atoms with E-state index in [1.165, 1.54) is 0 Å². The summed E-state index contributed by atoms with van der Waals surface area (Å²) in [6, 6.07) is 0.181. The maximum Gasteiger partial charge on any atom is 0.274 e. The van der Waals surface area contributed by atoms with Crippen LogP contribution in [-0.4, -0.2) is 57.4 Å². The fraction of sp³-hybridized carbons (Fsp3) is 0.778. The summed E-state index contributed by atoms with van der Waals surface area (Å²) in [7, 11) is 1.73. The molecule has 1 saturated carbocycles. The Bertz CT molecular complexity index is 615. The van der Waals surface area contributed by atoms with Gasteiger partial charge in [-0.05, 0) is 32.1 Å². The number of carbonyl (C=O) groups excluding carboxylic acids is 1. The van der Waals surface area contributed by atoms with E-state index in [1.807, 2.05) is 11.1 Å². The first-order valence-corrected chi connectivity index (χ1v) is 9.25. The highest BCUT2D eigenvalue weighted by Crippen LogP contribution is 2.36. The van der Waals surface area contributed by atoms with Gasteiger partial charge < -0.3 is 19.3 Å². The Hall–Kier alpha value is -1.40. The number of nitrogens with zero attached hydrogens (tertiary/aromatic N) is 3. The Morgan fingerprint density at radius 3 is 2.88 bits per heavy atom. The topological polar surface area (TPSA) is 67.6 Å². The van der Waals surface area contributed by atoms with Crippen LogP contribution in [0.4, 0.5) is 0 Å². The highest BCUT2D eigenvalue weighted by atomic mass is 16.5. The van der Waals surface area contributed by atoms with Crippen LogP contribution in [0.2, 0.25) is 0 Å². The highest BCUT2D eigenvalue weighted by molar-refractivity contribution is 5.92. The van der Waals surface area contributed by atoms with Crippen LogP contribution in [0.3, 0.4) is 0 Å². The van der Waals surface area contributed by atoms with Crippen molar-refractivity contribution in [2.75, 3.05) is 13.7 Å². The van der Waals surface area contributed by atoms with E-state index in [-0.39, 0.29) is 30.1 Å². The monoisotopic (exact) mass is 333 g/mol. The van der Waals surface area contributed by atoms with Crippen LogP contribution in [0.5, 0.6) is 0 Å². The maximum absolute atomic E-state index is 13.0. The van der Waals surface area contributed by atoms with E-state index in [1.54, 1.807) is 7.11 Å². The number of amides is 1. The first kappa shape index (κ1) is 16.1. The van der Waals surface area contributed by atoms with Gasteiger partial charge in [0.1, 0.15) is 11.5 Å². The molecule has 6 heteroatoms. The largest absolute Gasteiger partial charge is 0.393 e. The van der Waals surface area contributed by atoms with Crippen molar-refractivity contribution in [3.8, 4) is 0 Å². The van der Waals surface area contributed by atoms with Gasteiger partial charge in [0.15, 0.2) is 0 Å². The Kier molecular flexibility index (Phi) is 4.35. The SMILES string of the molecule is COC1CCn2cc(C(=O)N3CCCC3C3CCCC3O)nc2C1. The normalized spacial score (nSPS) is 33.0. The number of aliphatic hydroxyl groups excluding tert-OH is 1. The lowest BCUT2D eigenvalue weighted by atomic mass is 9.94. The number of aromatic nitrogens is 2. The van der Waals surface area contributed by atoms with Crippen LogP contribution in [-0.2, 0) is 17.7 Å². The van der Waals surface area contributed by atoms with Crippen LogP contribution in [0.15, 0.2) is 6.20 Å². The summed E-state index contributed by atoms with van der Waals surface area (Å²) < 4.78 is 7.53. The minimum absolute atomic E-state index is 0.0347. The molecule has 1 aliphatic carbocycles. The van der Waals surface area contributed by atoms with E-state index >= 15 is 0 Å². The number of aryl methyl sites for hydroxylation is 1. The zero-order chi connectivity index (χ0) is 16.7. The molecule has 0 radical (unpaired) electrons. The quantitative estimate of drug-likeness (QED) is 0.912. The van der Waals surface area contributed by atoms with Crippen molar-refractivity contribution in [2.45, 2.75) is 69.7 Å². The summed E-state index contributed by atoms with van der Waals surface area (Å²) in [5.41, 5.74) is 0.557. The minimum atomic E-state index is -0.249. The Balaban J connectivity index is 1.52. The van der Waals surface area contributed by atoms with E-state index in [4.69, 9.17) is 4.74 Å². The summed E-state index contributed by atoms with van der Waals surface area (Å²) in [4.78, 5) is 19.6.